The molecule has 0 bridgehead atoms. The minimum absolute atomic E-state index is 0.200. The highest BCUT2D eigenvalue weighted by Gasteiger charge is 2.23. The molecule has 1 aromatic heterocycles. The van der Waals surface area contributed by atoms with Crippen molar-refractivity contribution in [1.29, 1.82) is 0 Å². The molecule has 1 fully saturated rings. The van der Waals surface area contributed by atoms with Gasteiger partial charge in [-0.05, 0) is 66.5 Å². The van der Waals surface area contributed by atoms with Crippen LogP contribution in [0.3, 0.4) is 0 Å². The van der Waals surface area contributed by atoms with Crippen molar-refractivity contribution in [2.75, 3.05) is 25.0 Å². The molecule has 1 saturated heterocycles. The summed E-state index contributed by atoms with van der Waals surface area (Å²) < 4.78 is 0. The van der Waals surface area contributed by atoms with Gasteiger partial charge in [0.1, 0.15) is 0 Å². The molecule has 1 atom stereocenters. The number of carbonyl (C=O) groups is 1. The molecule has 0 aliphatic carbocycles. The van der Waals surface area contributed by atoms with Gasteiger partial charge in [0.15, 0.2) is 0 Å². The molecule has 0 spiro atoms. The van der Waals surface area contributed by atoms with Crippen molar-refractivity contribution in [3.8, 4) is 0 Å². The number of amides is 2. The Morgan fingerprint density at radius 1 is 1.25 bits per heavy atom. The molecule has 2 heterocycles. The van der Waals surface area contributed by atoms with E-state index in [1.807, 2.05) is 12.1 Å². The molecule has 4 nitrogen and oxygen atoms in total. The summed E-state index contributed by atoms with van der Waals surface area (Å²) >= 11 is 7.65. The van der Waals surface area contributed by atoms with Crippen LogP contribution in [-0.4, -0.2) is 30.6 Å². The van der Waals surface area contributed by atoms with Crippen LogP contribution in [0, 0.1) is 0 Å². The van der Waals surface area contributed by atoms with Crippen molar-refractivity contribution in [1.82, 2.24) is 10.2 Å². The molecule has 128 valence electrons. The number of carbonyl (C=O) groups excluding carboxylic acids is 1. The number of hydrogen-bond donors (Lipinski definition) is 2. The van der Waals surface area contributed by atoms with E-state index in [1.165, 1.54) is 24.8 Å². The second-order valence-corrected chi connectivity index (χ2v) is 7.23. The molecular weight excluding hydrogens is 342 g/mol. The quantitative estimate of drug-likeness (QED) is 0.805. The number of halogens is 1. The third-order valence-corrected chi connectivity index (χ3v) is 5.23. The van der Waals surface area contributed by atoms with Crippen LogP contribution in [0.25, 0.3) is 0 Å². The zero-order chi connectivity index (χ0) is 16.8. The van der Waals surface area contributed by atoms with Crippen LogP contribution in [0.2, 0.25) is 5.02 Å². The zero-order valence-electron chi connectivity index (χ0n) is 13.5. The summed E-state index contributed by atoms with van der Waals surface area (Å²) in [4.78, 5) is 14.7. The van der Waals surface area contributed by atoms with Crippen LogP contribution in [0.1, 0.15) is 30.9 Å². The van der Waals surface area contributed by atoms with Gasteiger partial charge < -0.3 is 10.6 Å². The highest BCUT2D eigenvalue weighted by Crippen LogP contribution is 2.25. The maximum Gasteiger partial charge on any atom is 0.319 e. The summed E-state index contributed by atoms with van der Waals surface area (Å²) in [6, 6.07) is 9.36. The molecule has 2 aromatic rings. The number of benzene rings is 1. The fraction of sp³-hybridized carbons (Fsp3) is 0.389. The van der Waals surface area contributed by atoms with Gasteiger partial charge in [0, 0.05) is 17.3 Å². The smallest absolute Gasteiger partial charge is 0.319 e. The second kappa shape index (κ2) is 8.51. The Kier molecular flexibility index (Phi) is 6.12. The summed E-state index contributed by atoms with van der Waals surface area (Å²) in [6.07, 6.45) is 3.76. The Labute approximate surface area is 151 Å². The fourth-order valence-corrected chi connectivity index (χ4v) is 3.98. The van der Waals surface area contributed by atoms with Gasteiger partial charge in [-0.2, -0.15) is 11.3 Å². The molecule has 6 heteroatoms. The lowest BCUT2D eigenvalue weighted by molar-refractivity contribution is 0.161. The van der Waals surface area contributed by atoms with Crippen LogP contribution in [-0.2, 0) is 0 Å². The van der Waals surface area contributed by atoms with Crippen molar-refractivity contribution in [2.24, 2.45) is 0 Å². The number of piperidine rings is 1. The van der Waals surface area contributed by atoms with Crippen LogP contribution in [0.5, 0.6) is 0 Å². The molecule has 1 aromatic carbocycles. The van der Waals surface area contributed by atoms with Gasteiger partial charge in [0.05, 0.1) is 6.04 Å². The van der Waals surface area contributed by atoms with Gasteiger partial charge in [0.25, 0.3) is 0 Å². The summed E-state index contributed by atoms with van der Waals surface area (Å²) in [5.74, 6) is 0. The zero-order valence-corrected chi connectivity index (χ0v) is 15.1. The Morgan fingerprint density at radius 2 is 2.08 bits per heavy atom. The monoisotopic (exact) mass is 363 g/mol. The number of nitrogens with zero attached hydrogens (tertiary/aromatic N) is 1. The van der Waals surface area contributed by atoms with Crippen molar-refractivity contribution >= 4 is 34.7 Å². The number of nitrogens with one attached hydrogen (secondary N) is 2. The van der Waals surface area contributed by atoms with E-state index < -0.39 is 0 Å². The Morgan fingerprint density at radius 3 is 2.79 bits per heavy atom. The van der Waals surface area contributed by atoms with E-state index in [-0.39, 0.29) is 12.1 Å². The number of anilines is 1. The SMILES string of the molecule is O=C(NCC(c1ccsc1)N1CCCCC1)Nc1cccc(Cl)c1. The van der Waals surface area contributed by atoms with Crippen molar-refractivity contribution in [2.45, 2.75) is 25.3 Å². The average Bonchev–Trinajstić information content (AvgIpc) is 3.10. The first-order chi connectivity index (χ1) is 11.7. The standard InChI is InChI=1S/C18H22ClN3OS/c19-15-5-4-6-16(11-15)21-18(23)20-12-17(14-7-10-24-13-14)22-8-2-1-3-9-22/h4-7,10-11,13,17H,1-3,8-9,12H2,(H2,20,21,23). The molecule has 1 aliphatic heterocycles. The van der Waals surface area contributed by atoms with Gasteiger partial charge in [0.2, 0.25) is 0 Å². The van der Waals surface area contributed by atoms with Crippen molar-refractivity contribution in [3.63, 3.8) is 0 Å². The second-order valence-electron chi connectivity index (χ2n) is 6.01. The number of urea groups is 1. The molecule has 1 unspecified atom stereocenters. The van der Waals surface area contributed by atoms with Crippen LogP contribution in [0.4, 0.5) is 10.5 Å². The van der Waals surface area contributed by atoms with Gasteiger partial charge >= 0.3 is 6.03 Å². The lowest BCUT2D eigenvalue weighted by Crippen LogP contribution is -2.41. The lowest BCUT2D eigenvalue weighted by atomic mass is 10.0. The third kappa shape index (κ3) is 4.72. The number of thiophene rings is 1. The molecular formula is C18H22ClN3OS. The van der Waals surface area contributed by atoms with E-state index in [0.717, 1.165) is 13.1 Å². The van der Waals surface area contributed by atoms with E-state index in [1.54, 1.807) is 23.5 Å². The first kappa shape index (κ1) is 17.3. The highest BCUT2D eigenvalue weighted by molar-refractivity contribution is 7.07. The van der Waals surface area contributed by atoms with Crippen molar-refractivity contribution in [3.05, 3.63) is 51.7 Å². The van der Waals surface area contributed by atoms with Gasteiger partial charge in [-0.25, -0.2) is 4.79 Å². The van der Waals surface area contributed by atoms with Crippen molar-refractivity contribution < 1.29 is 4.79 Å². The third-order valence-electron chi connectivity index (χ3n) is 4.30. The topological polar surface area (TPSA) is 44.4 Å². The van der Waals surface area contributed by atoms with Crippen LogP contribution < -0.4 is 10.6 Å². The normalized spacial score (nSPS) is 16.5. The molecule has 2 amide bonds. The van der Waals surface area contributed by atoms with E-state index in [0.29, 0.717) is 17.3 Å². The number of likely N-dealkylation sites (tertiary alicyclic amines) is 1. The summed E-state index contributed by atoms with van der Waals surface area (Å²) in [5.41, 5.74) is 1.98. The van der Waals surface area contributed by atoms with E-state index in [4.69, 9.17) is 11.6 Å². The molecule has 24 heavy (non-hydrogen) atoms. The minimum atomic E-state index is -0.200. The highest BCUT2D eigenvalue weighted by atomic mass is 35.5. The maximum absolute atomic E-state index is 12.2. The average molecular weight is 364 g/mol. The molecule has 0 radical (unpaired) electrons. The fourth-order valence-electron chi connectivity index (χ4n) is 3.08. The predicted molar refractivity (Wildman–Crippen MR) is 101 cm³/mol. The van der Waals surface area contributed by atoms with Gasteiger partial charge in [-0.15, -0.1) is 0 Å². The number of hydrogen-bond acceptors (Lipinski definition) is 3. The molecule has 3 rings (SSSR count). The molecule has 0 saturated carbocycles. The van der Waals surface area contributed by atoms with Gasteiger partial charge in [-0.1, -0.05) is 24.1 Å². The molecule has 2 N–H and O–H groups in total. The summed E-state index contributed by atoms with van der Waals surface area (Å²) in [6.45, 7) is 2.79. The Balaban J connectivity index is 1.59. The lowest BCUT2D eigenvalue weighted by Gasteiger charge is -2.34. The van der Waals surface area contributed by atoms with E-state index in [9.17, 15) is 4.79 Å². The Hall–Kier alpha value is -1.56. The van der Waals surface area contributed by atoms with E-state index in [2.05, 4.69) is 32.4 Å². The predicted octanol–water partition coefficient (Wildman–Crippen LogP) is 4.75. The maximum atomic E-state index is 12.2. The van der Waals surface area contributed by atoms with E-state index >= 15 is 0 Å². The summed E-state index contributed by atoms with van der Waals surface area (Å²) in [7, 11) is 0. The largest absolute Gasteiger partial charge is 0.336 e. The first-order valence-electron chi connectivity index (χ1n) is 8.29. The number of rotatable bonds is 5. The molecule has 1 aliphatic rings. The minimum Gasteiger partial charge on any atom is -0.336 e. The van der Waals surface area contributed by atoms with Crippen LogP contribution in [0.15, 0.2) is 41.1 Å². The van der Waals surface area contributed by atoms with Gasteiger partial charge in [-0.3, -0.25) is 4.90 Å². The Bertz CT molecular complexity index is 656. The van der Waals surface area contributed by atoms with Crippen LogP contribution >= 0.6 is 22.9 Å². The first-order valence-corrected chi connectivity index (χ1v) is 9.61. The summed E-state index contributed by atoms with van der Waals surface area (Å²) in [5, 5.41) is 10.7.